The Morgan fingerprint density at radius 2 is 1.75 bits per heavy atom. The number of hydrogen-bond acceptors (Lipinski definition) is 4. The Morgan fingerprint density at radius 3 is 2.19 bits per heavy atom. The summed E-state index contributed by atoms with van der Waals surface area (Å²) in [7, 11) is 0. The quantitative estimate of drug-likeness (QED) is 0.685. The fourth-order valence-corrected chi connectivity index (χ4v) is 1.53. The van der Waals surface area contributed by atoms with E-state index in [1.807, 2.05) is 26.0 Å². The van der Waals surface area contributed by atoms with Gasteiger partial charge in [0, 0.05) is 0 Å². The maximum absolute atomic E-state index is 9.14. The fraction of sp³-hybridized carbons (Fsp3) is 0.500. The van der Waals surface area contributed by atoms with Crippen LogP contribution in [0, 0.1) is 13.8 Å². The summed E-state index contributed by atoms with van der Waals surface area (Å²) in [5, 5.41) is 26.9. The van der Waals surface area contributed by atoms with Crippen LogP contribution in [-0.2, 0) is 6.61 Å². The first-order valence-corrected chi connectivity index (χ1v) is 5.21. The zero-order chi connectivity index (χ0) is 12.1. The minimum absolute atomic E-state index is 0.0111. The van der Waals surface area contributed by atoms with Gasteiger partial charge in [-0.1, -0.05) is 0 Å². The van der Waals surface area contributed by atoms with E-state index in [0.29, 0.717) is 5.75 Å². The summed E-state index contributed by atoms with van der Waals surface area (Å²) in [6, 6.07) is 3.62. The van der Waals surface area contributed by atoms with Gasteiger partial charge in [-0.15, -0.1) is 0 Å². The highest BCUT2D eigenvalue weighted by atomic mass is 16.5. The van der Waals surface area contributed by atoms with E-state index in [9.17, 15) is 0 Å². The first-order valence-electron chi connectivity index (χ1n) is 5.21. The van der Waals surface area contributed by atoms with Gasteiger partial charge in [0.15, 0.2) is 0 Å². The van der Waals surface area contributed by atoms with Crippen LogP contribution in [-0.4, -0.2) is 34.6 Å². The van der Waals surface area contributed by atoms with E-state index in [4.69, 9.17) is 20.1 Å². The second kappa shape index (κ2) is 5.84. The highest BCUT2D eigenvalue weighted by Gasteiger charge is 2.07. The van der Waals surface area contributed by atoms with Gasteiger partial charge in [-0.3, -0.25) is 0 Å². The van der Waals surface area contributed by atoms with Crippen LogP contribution in [0.4, 0.5) is 0 Å². The molecule has 16 heavy (non-hydrogen) atoms. The fourth-order valence-electron chi connectivity index (χ4n) is 1.53. The van der Waals surface area contributed by atoms with E-state index in [2.05, 4.69) is 0 Å². The van der Waals surface area contributed by atoms with Gasteiger partial charge in [0.1, 0.15) is 18.5 Å². The second-order valence-corrected chi connectivity index (χ2v) is 3.84. The lowest BCUT2D eigenvalue weighted by Crippen LogP contribution is -2.21. The lowest BCUT2D eigenvalue weighted by atomic mass is 10.0. The molecule has 0 radical (unpaired) electrons. The summed E-state index contributed by atoms with van der Waals surface area (Å²) in [6.07, 6.45) is -0.863. The van der Waals surface area contributed by atoms with E-state index in [1.54, 1.807) is 0 Å². The van der Waals surface area contributed by atoms with E-state index in [1.165, 1.54) is 0 Å². The number of rotatable bonds is 5. The van der Waals surface area contributed by atoms with E-state index in [0.717, 1.165) is 16.7 Å². The maximum Gasteiger partial charge on any atom is 0.119 e. The molecule has 1 rings (SSSR count). The third-order valence-corrected chi connectivity index (χ3v) is 2.48. The Kier molecular flexibility index (Phi) is 4.73. The van der Waals surface area contributed by atoms with Gasteiger partial charge < -0.3 is 20.1 Å². The normalized spacial score (nSPS) is 12.6. The molecule has 1 aromatic rings. The van der Waals surface area contributed by atoms with E-state index in [-0.39, 0.29) is 19.8 Å². The van der Waals surface area contributed by atoms with Crippen molar-refractivity contribution in [1.82, 2.24) is 0 Å². The molecular formula is C12H18O4. The molecule has 0 bridgehead atoms. The molecule has 0 aliphatic rings. The van der Waals surface area contributed by atoms with Crippen LogP contribution in [0.15, 0.2) is 12.1 Å². The lowest BCUT2D eigenvalue weighted by molar-refractivity contribution is 0.0535. The number of hydrogen-bond donors (Lipinski definition) is 3. The number of benzene rings is 1. The second-order valence-electron chi connectivity index (χ2n) is 3.84. The molecule has 1 atom stereocenters. The van der Waals surface area contributed by atoms with Gasteiger partial charge in [-0.05, 0) is 42.7 Å². The van der Waals surface area contributed by atoms with Crippen molar-refractivity contribution in [1.29, 1.82) is 0 Å². The average molecular weight is 226 g/mol. The third-order valence-electron chi connectivity index (χ3n) is 2.48. The average Bonchev–Trinajstić information content (AvgIpc) is 2.25. The van der Waals surface area contributed by atoms with Gasteiger partial charge in [0.2, 0.25) is 0 Å². The Labute approximate surface area is 95.1 Å². The molecule has 1 aromatic carbocycles. The van der Waals surface area contributed by atoms with Crippen LogP contribution in [0.2, 0.25) is 0 Å². The van der Waals surface area contributed by atoms with Crippen LogP contribution in [0.25, 0.3) is 0 Å². The van der Waals surface area contributed by atoms with Crippen LogP contribution in [0.1, 0.15) is 16.7 Å². The molecule has 0 aliphatic carbocycles. The van der Waals surface area contributed by atoms with Crippen molar-refractivity contribution in [3.05, 3.63) is 28.8 Å². The summed E-state index contributed by atoms with van der Waals surface area (Å²) in [4.78, 5) is 0. The lowest BCUT2D eigenvalue weighted by Gasteiger charge is -2.13. The van der Waals surface area contributed by atoms with Crippen molar-refractivity contribution < 1.29 is 20.1 Å². The molecular weight excluding hydrogens is 208 g/mol. The minimum atomic E-state index is -0.863. The summed E-state index contributed by atoms with van der Waals surface area (Å²) in [5.74, 6) is 0.639. The maximum atomic E-state index is 9.14. The molecule has 0 amide bonds. The molecule has 0 aliphatic heterocycles. The molecule has 0 saturated heterocycles. The standard InChI is InChI=1S/C12H18O4/c1-8-3-11(16-7-10(15)5-13)4-9(2)12(8)6-14/h3-4,10,13-15H,5-7H2,1-2H3. The van der Waals surface area contributed by atoms with Crippen molar-refractivity contribution in [3.8, 4) is 5.75 Å². The first kappa shape index (κ1) is 13.0. The van der Waals surface area contributed by atoms with Gasteiger partial charge >= 0.3 is 0 Å². The monoisotopic (exact) mass is 226 g/mol. The van der Waals surface area contributed by atoms with Crippen molar-refractivity contribution in [2.24, 2.45) is 0 Å². The molecule has 0 aromatic heterocycles. The largest absolute Gasteiger partial charge is 0.491 e. The smallest absolute Gasteiger partial charge is 0.119 e. The van der Waals surface area contributed by atoms with Gasteiger partial charge in [-0.25, -0.2) is 0 Å². The molecule has 0 spiro atoms. The highest BCUT2D eigenvalue weighted by Crippen LogP contribution is 2.21. The Balaban J connectivity index is 2.76. The molecule has 0 saturated carbocycles. The summed E-state index contributed by atoms with van der Waals surface area (Å²) in [6.45, 7) is 3.56. The first-order chi connectivity index (χ1) is 7.58. The molecule has 3 N–H and O–H groups in total. The number of aliphatic hydroxyl groups is 3. The molecule has 4 nitrogen and oxygen atoms in total. The van der Waals surface area contributed by atoms with E-state index >= 15 is 0 Å². The van der Waals surface area contributed by atoms with Crippen molar-refractivity contribution in [3.63, 3.8) is 0 Å². The van der Waals surface area contributed by atoms with Gasteiger partial charge in [-0.2, -0.15) is 0 Å². The third kappa shape index (κ3) is 3.20. The molecule has 90 valence electrons. The summed E-state index contributed by atoms with van der Waals surface area (Å²) < 4.78 is 5.33. The Hall–Kier alpha value is -1.10. The van der Waals surface area contributed by atoms with Crippen LogP contribution in [0.5, 0.6) is 5.75 Å². The van der Waals surface area contributed by atoms with Gasteiger partial charge in [0.25, 0.3) is 0 Å². The van der Waals surface area contributed by atoms with Crippen LogP contribution >= 0.6 is 0 Å². The summed E-state index contributed by atoms with van der Waals surface area (Å²) >= 11 is 0. The van der Waals surface area contributed by atoms with Crippen LogP contribution < -0.4 is 4.74 Å². The molecule has 0 heterocycles. The predicted molar refractivity (Wildman–Crippen MR) is 60.4 cm³/mol. The van der Waals surface area contributed by atoms with Crippen molar-refractivity contribution in [2.45, 2.75) is 26.6 Å². The predicted octanol–water partition coefficient (Wildman–Crippen LogP) is 0.528. The highest BCUT2D eigenvalue weighted by molar-refractivity contribution is 5.40. The molecule has 4 heteroatoms. The topological polar surface area (TPSA) is 69.9 Å². The van der Waals surface area contributed by atoms with E-state index < -0.39 is 6.10 Å². The Morgan fingerprint density at radius 1 is 1.19 bits per heavy atom. The zero-order valence-corrected chi connectivity index (χ0v) is 9.60. The van der Waals surface area contributed by atoms with Crippen molar-refractivity contribution >= 4 is 0 Å². The molecule has 1 unspecified atom stereocenters. The molecule has 0 fully saturated rings. The summed E-state index contributed by atoms with van der Waals surface area (Å²) in [5.41, 5.74) is 2.81. The van der Waals surface area contributed by atoms with Crippen LogP contribution in [0.3, 0.4) is 0 Å². The number of aliphatic hydroxyl groups excluding tert-OH is 3. The zero-order valence-electron chi connectivity index (χ0n) is 9.60. The number of aryl methyl sites for hydroxylation is 2. The van der Waals surface area contributed by atoms with Crippen molar-refractivity contribution in [2.75, 3.05) is 13.2 Å². The Bertz CT molecular complexity index is 326. The minimum Gasteiger partial charge on any atom is -0.491 e. The van der Waals surface area contributed by atoms with Gasteiger partial charge in [0.05, 0.1) is 13.2 Å². The number of ether oxygens (including phenoxy) is 1. The SMILES string of the molecule is Cc1cc(OCC(O)CO)cc(C)c1CO.